The molecule has 4 aliphatic carbocycles. The number of hydrogen-bond acceptors (Lipinski definition) is 3. The van der Waals surface area contributed by atoms with Gasteiger partial charge >= 0.3 is 0 Å². The summed E-state index contributed by atoms with van der Waals surface area (Å²) in [5, 5.41) is 0. The number of rotatable bonds is 2. The van der Waals surface area contributed by atoms with Gasteiger partial charge in [-0.05, 0) is 73.0 Å². The molecule has 0 unspecified atom stereocenters. The summed E-state index contributed by atoms with van der Waals surface area (Å²) >= 11 is 0. The molecule has 8 atom stereocenters. The molecular weight excluding hydrogens is 336 g/mol. The van der Waals surface area contributed by atoms with E-state index in [0.29, 0.717) is 23.2 Å². The fourth-order valence-corrected chi connectivity index (χ4v) is 8.72. The lowest BCUT2D eigenvalue weighted by Crippen LogP contribution is -2.62. The van der Waals surface area contributed by atoms with Crippen LogP contribution in [0.1, 0.15) is 65.7 Å². The first-order valence-corrected chi connectivity index (χ1v) is 11.3. The Labute approximate surface area is 164 Å². The zero-order valence-electron chi connectivity index (χ0n) is 17.3. The molecule has 5 aliphatic rings. The van der Waals surface area contributed by atoms with Crippen molar-refractivity contribution in [2.24, 2.45) is 46.3 Å². The average molecular weight is 373 g/mol. The van der Waals surface area contributed by atoms with E-state index in [1.54, 1.807) is 0 Å². The van der Waals surface area contributed by atoms with Crippen molar-refractivity contribution >= 4 is 6.29 Å². The number of carbonyl (C=O) groups excluding carboxylic acids is 1. The Morgan fingerprint density at radius 1 is 1.04 bits per heavy atom. The van der Waals surface area contributed by atoms with Gasteiger partial charge in [0, 0.05) is 18.3 Å². The van der Waals surface area contributed by atoms with E-state index < -0.39 is 0 Å². The standard InChI is InChI=1S/C24H36O3/c1-16(15-25)18-7-8-19-17-14-24(26-12-13-27-24)21-6-4-5-10-23(21,3)20(17)9-11-22(18,19)2/h4-5,15-21H,6-14H2,1-3H3/t16-,17+,18-,19+,20+,21+,22-,23-/m1/s1. The summed E-state index contributed by atoms with van der Waals surface area (Å²) < 4.78 is 12.9. The fourth-order valence-electron chi connectivity index (χ4n) is 8.72. The van der Waals surface area contributed by atoms with Crippen LogP contribution < -0.4 is 0 Å². The molecule has 3 heteroatoms. The molecule has 0 aromatic heterocycles. The van der Waals surface area contributed by atoms with Gasteiger partial charge in [0.2, 0.25) is 0 Å². The van der Waals surface area contributed by atoms with Crippen LogP contribution in [0.2, 0.25) is 0 Å². The predicted octanol–water partition coefficient (Wildman–Crippen LogP) is 5.00. The van der Waals surface area contributed by atoms with E-state index >= 15 is 0 Å². The molecule has 3 saturated carbocycles. The summed E-state index contributed by atoms with van der Waals surface area (Å²) in [4.78, 5) is 11.6. The first-order valence-electron chi connectivity index (χ1n) is 11.3. The van der Waals surface area contributed by atoms with Crippen LogP contribution in [-0.4, -0.2) is 25.3 Å². The highest BCUT2D eigenvalue weighted by atomic mass is 16.7. The normalized spacial score (nSPS) is 51.4. The van der Waals surface area contributed by atoms with Gasteiger partial charge in [-0.3, -0.25) is 0 Å². The van der Waals surface area contributed by atoms with Gasteiger partial charge in [0.1, 0.15) is 6.29 Å². The van der Waals surface area contributed by atoms with Crippen molar-refractivity contribution in [1.82, 2.24) is 0 Å². The Bertz CT molecular complexity index is 636. The topological polar surface area (TPSA) is 35.5 Å². The second kappa shape index (κ2) is 6.16. The summed E-state index contributed by atoms with van der Waals surface area (Å²) in [7, 11) is 0. The third-order valence-corrected chi connectivity index (χ3v) is 9.93. The van der Waals surface area contributed by atoms with Gasteiger partial charge < -0.3 is 14.3 Å². The van der Waals surface area contributed by atoms with Gasteiger partial charge in [-0.1, -0.05) is 32.9 Å². The maximum absolute atomic E-state index is 11.6. The van der Waals surface area contributed by atoms with Crippen LogP contribution in [-0.2, 0) is 14.3 Å². The SMILES string of the molecule is C[C@H](C=O)[C@H]1CC[C@H]2[C@@H]3CC4(OCCO4)[C@H]4CC=CC[C@]4(C)[C@H]3CC[C@]12C. The van der Waals surface area contributed by atoms with Crippen LogP contribution in [0.5, 0.6) is 0 Å². The number of ether oxygens (including phenoxy) is 2. The van der Waals surface area contributed by atoms with Crippen molar-refractivity contribution in [3.05, 3.63) is 12.2 Å². The predicted molar refractivity (Wildman–Crippen MR) is 105 cm³/mol. The molecular formula is C24H36O3. The first kappa shape index (κ1) is 18.4. The second-order valence-electron chi connectivity index (χ2n) is 10.8. The number of carbonyl (C=O) groups is 1. The lowest BCUT2D eigenvalue weighted by molar-refractivity contribution is -0.284. The van der Waals surface area contributed by atoms with Crippen molar-refractivity contribution in [2.45, 2.75) is 71.5 Å². The molecule has 1 aliphatic heterocycles. The second-order valence-corrected chi connectivity index (χ2v) is 10.8. The summed E-state index contributed by atoms with van der Waals surface area (Å²) in [6, 6.07) is 0. The molecule has 5 rings (SSSR count). The first-order chi connectivity index (χ1) is 12.9. The van der Waals surface area contributed by atoms with Gasteiger partial charge in [-0.25, -0.2) is 0 Å². The highest BCUT2D eigenvalue weighted by Crippen LogP contribution is 2.70. The monoisotopic (exact) mass is 372 g/mol. The molecule has 0 amide bonds. The van der Waals surface area contributed by atoms with Crippen LogP contribution >= 0.6 is 0 Å². The molecule has 150 valence electrons. The highest BCUT2D eigenvalue weighted by molar-refractivity contribution is 5.53. The van der Waals surface area contributed by atoms with Crippen molar-refractivity contribution < 1.29 is 14.3 Å². The maximum Gasteiger partial charge on any atom is 0.172 e. The van der Waals surface area contributed by atoms with Crippen LogP contribution in [0.4, 0.5) is 0 Å². The lowest BCUT2D eigenvalue weighted by Gasteiger charge is -2.63. The lowest BCUT2D eigenvalue weighted by atomic mass is 9.44. The number of allylic oxidation sites excluding steroid dienone is 2. The zero-order valence-corrected chi connectivity index (χ0v) is 17.3. The molecule has 1 spiro atoms. The smallest absolute Gasteiger partial charge is 0.172 e. The molecule has 3 nitrogen and oxygen atoms in total. The van der Waals surface area contributed by atoms with Crippen molar-refractivity contribution in [1.29, 1.82) is 0 Å². The van der Waals surface area contributed by atoms with Gasteiger partial charge in [-0.2, -0.15) is 0 Å². The molecule has 0 aromatic rings. The van der Waals surface area contributed by atoms with Crippen molar-refractivity contribution in [2.75, 3.05) is 13.2 Å². The Kier molecular flexibility index (Phi) is 4.19. The van der Waals surface area contributed by atoms with Crippen LogP contribution in [0.25, 0.3) is 0 Å². The van der Waals surface area contributed by atoms with Gasteiger partial charge in [0.25, 0.3) is 0 Å². The van der Waals surface area contributed by atoms with Gasteiger partial charge in [0.15, 0.2) is 5.79 Å². The minimum Gasteiger partial charge on any atom is -0.347 e. The van der Waals surface area contributed by atoms with Crippen molar-refractivity contribution in [3.8, 4) is 0 Å². The summed E-state index contributed by atoms with van der Waals surface area (Å²) in [6.45, 7) is 8.69. The van der Waals surface area contributed by atoms with Crippen LogP contribution in [0, 0.1) is 46.3 Å². The quantitative estimate of drug-likeness (QED) is 0.505. The van der Waals surface area contributed by atoms with E-state index in [9.17, 15) is 4.79 Å². The van der Waals surface area contributed by atoms with Crippen LogP contribution in [0.3, 0.4) is 0 Å². The summed E-state index contributed by atoms with van der Waals surface area (Å²) in [6.07, 6.45) is 14.5. The van der Waals surface area contributed by atoms with Crippen LogP contribution in [0.15, 0.2) is 12.2 Å². The Morgan fingerprint density at radius 2 is 1.78 bits per heavy atom. The van der Waals surface area contributed by atoms with Gasteiger partial charge in [-0.15, -0.1) is 0 Å². The minimum absolute atomic E-state index is 0.189. The van der Waals surface area contributed by atoms with E-state index in [1.807, 2.05) is 0 Å². The Balaban J connectivity index is 1.53. The number of fused-ring (bicyclic) bond motifs is 6. The molecule has 0 N–H and O–H groups in total. The zero-order chi connectivity index (χ0) is 18.9. The summed E-state index contributed by atoms with van der Waals surface area (Å²) in [5.74, 6) is 3.06. The third kappa shape index (κ3) is 2.37. The van der Waals surface area contributed by atoms with Gasteiger partial charge in [0.05, 0.1) is 13.2 Å². The Morgan fingerprint density at radius 3 is 2.52 bits per heavy atom. The molecule has 0 radical (unpaired) electrons. The summed E-state index contributed by atoms with van der Waals surface area (Å²) in [5.41, 5.74) is 0.604. The van der Waals surface area contributed by atoms with E-state index in [0.717, 1.165) is 37.9 Å². The fraction of sp³-hybridized carbons (Fsp3) is 0.875. The van der Waals surface area contributed by atoms with Crippen molar-refractivity contribution in [3.63, 3.8) is 0 Å². The maximum atomic E-state index is 11.6. The van der Waals surface area contributed by atoms with E-state index in [-0.39, 0.29) is 17.1 Å². The Hall–Kier alpha value is -0.670. The third-order valence-electron chi connectivity index (χ3n) is 9.93. The molecule has 27 heavy (non-hydrogen) atoms. The number of aldehydes is 1. The number of hydrogen-bond donors (Lipinski definition) is 0. The molecule has 0 aromatic carbocycles. The van der Waals surface area contributed by atoms with E-state index in [2.05, 4.69) is 32.9 Å². The van der Waals surface area contributed by atoms with E-state index in [4.69, 9.17) is 9.47 Å². The molecule has 1 saturated heterocycles. The molecule has 4 fully saturated rings. The average Bonchev–Trinajstić information content (AvgIpc) is 3.26. The largest absolute Gasteiger partial charge is 0.347 e. The van der Waals surface area contributed by atoms with E-state index in [1.165, 1.54) is 38.4 Å². The molecule has 0 bridgehead atoms. The minimum atomic E-state index is -0.354. The molecule has 1 heterocycles. The highest BCUT2D eigenvalue weighted by Gasteiger charge is 2.66.